The van der Waals surface area contributed by atoms with E-state index in [2.05, 4.69) is 4.90 Å². The highest BCUT2D eigenvalue weighted by molar-refractivity contribution is 7.89. The molecule has 4 rings (SSSR count). The molecule has 2 aromatic rings. The van der Waals surface area contributed by atoms with Crippen LogP contribution in [-0.4, -0.2) is 74.9 Å². The predicted octanol–water partition coefficient (Wildman–Crippen LogP) is 0.467. The molecule has 33 heavy (non-hydrogen) atoms. The largest absolute Gasteiger partial charge is 0.443 e. The highest BCUT2D eigenvalue weighted by atomic mass is 32.2. The van der Waals surface area contributed by atoms with Gasteiger partial charge < -0.3 is 21.9 Å². The number of nitrogen functional groups attached to an aromatic ring is 3. The second-order valence-corrected chi connectivity index (χ2v) is 9.99. The summed E-state index contributed by atoms with van der Waals surface area (Å²) in [6.45, 7) is 2.53. The third kappa shape index (κ3) is 4.72. The molecule has 2 aromatic carbocycles. The summed E-state index contributed by atoms with van der Waals surface area (Å²) in [5.74, 6) is -0.0383. The molecule has 7 N–H and O–H groups in total. The van der Waals surface area contributed by atoms with Crippen molar-refractivity contribution in [2.45, 2.75) is 11.0 Å². The van der Waals surface area contributed by atoms with Gasteiger partial charge in [0, 0.05) is 49.7 Å². The summed E-state index contributed by atoms with van der Waals surface area (Å²) in [5.41, 5.74) is 18.8. The Bertz CT molecular complexity index is 1160. The number of nitrogens with two attached hydrogens (primary N) is 3. The van der Waals surface area contributed by atoms with E-state index in [0.717, 1.165) is 0 Å². The van der Waals surface area contributed by atoms with E-state index in [9.17, 15) is 13.2 Å². The molecule has 11 nitrogen and oxygen atoms in total. The number of rotatable bonds is 6. The van der Waals surface area contributed by atoms with Crippen LogP contribution in [0.15, 0.2) is 47.4 Å². The Labute approximate surface area is 192 Å². The Balaban J connectivity index is 1.34. The molecule has 176 valence electrons. The maximum absolute atomic E-state index is 13.0. The Kier molecular flexibility index (Phi) is 6.15. The van der Waals surface area contributed by atoms with Crippen LogP contribution >= 0.6 is 0 Å². The second kappa shape index (κ2) is 8.89. The van der Waals surface area contributed by atoms with Gasteiger partial charge in [-0.15, -0.1) is 0 Å². The van der Waals surface area contributed by atoms with Crippen LogP contribution in [0.4, 0.5) is 21.9 Å². The van der Waals surface area contributed by atoms with E-state index in [1.54, 1.807) is 29.2 Å². The molecule has 1 unspecified atom stereocenters. The molecule has 0 spiro atoms. The molecule has 1 atom stereocenters. The Morgan fingerprint density at radius 1 is 1.06 bits per heavy atom. The van der Waals surface area contributed by atoms with Crippen LogP contribution in [0.25, 0.3) is 0 Å². The highest BCUT2D eigenvalue weighted by Crippen LogP contribution is 2.26. The monoisotopic (exact) mass is 473 g/mol. The summed E-state index contributed by atoms with van der Waals surface area (Å²) in [4.78, 5) is 16.0. The number of amides is 1. The van der Waals surface area contributed by atoms with Crippen molar-refractivity contribution in [1.29, 1.82) is 5.41 Å². The maximum Gasteiger partial charge on any atom is 0.414 e. The van der Waals surface area contributed by atoms with Crippen molar-refractivity contribution in [2.75, 3.05) is 55.6 Å². The molecule has 2 heterocycles. The lowest BCUT2D eigenvalue weighted by atomic mass is 10.2. The molecule has 2 saturated heterocycles. The van der Waals surface area contributed by atoms with E-state index in [1.165, 1.54) is 22.5 Å². The van der Waals surface area contributed by atoms with Crippen LogP contribution < -0.4 is 22.1 Å². The number of nitrogens with one attached hydrogen (secondary N) is 1. The zero-order chi connectivity index (χ0) is 23.8. The first-order valence-corrected chi connectivity index (χ1v) is 11.9. The van der Waals surface area contributed by atoms with E-state index in [-0.39, 0.29) is 22.5 Å². The van der Waals surface area contributed by atoms with Crippen LogP contribution in [0.1, 0.15) is 5.56 Å². The number of carbonyl (C=O) groups excluding carboxylic acids is 1. The summed E-state index contributed by atoms with van der Waals surface area (Å²) in [6.07, 6.45) is -0.767. The van der Waals surface area contributed by atoms with Crippen molar-refractivity contribution < 1.29 is 17.9 Å². The molecule has 1 amide bonds. The predicted molar refractivity (Wildman–Crippen MR) is 126 cm³/mol. The topological polar surface area (TPSA) is 172 Å². The van der Waals surface area contributed by atoms with Gasteiger partial charge in [0.05, 0.1) is 12.2 Å². The van der Waals surface area contributed by atoms with Crippen molar-refractivity contribution in [3.8, 4) is 0 Å². The SMILES string of the molecule is N=C(N)c1ccc(N2CC(CN3CCN(S(=O)(=O)c4ccc(N)cc4N)CC3)OC2=O)cc1. The van der Waals surface area contributed by atoms with Crippen molar-refractivity contribution >= 4 is 39.0 Å². The lowest BCUT2D eigenvalue weighted by Gasteiger charge is -2.34. The van der Waals surface area contributed by atoms with E-state index >= 15 is 0 Å². The van der Waals surface area contributed by atoms with Gasteiger partial charge in [0.1, 0.15) is 16.8 Å². The zero-order valence-corrected chi connectivity index (χ0v) is 18.8. The fourth-order valence-electron chi connectivity index (χ4n) is 4.03. The quantitative estimate of drug-likeness (QED) is 0.266. The van der Waals surface area contributed by atoms with Crippen LogP contribution in [0, 0.1) is 5.41 Å². The molecule has 0 saturated carbocycles. The molecule has 2 aliphatic rings. The number of benzene rings is 2. The van der Waals surface area contributed by atoms with E-state index < -0.39 is 16.1 Å². The van der Waals surface area contributed by atoms with E-state index in [4.69, 9.17) is 27.3 Å². The first-order valence-electron chi connectivity index (χ1n) is 10.5. The van der Waals surface area contributed by atoms with E-state index in [1.807, 2.05) is 0 Å². The van der Waals surface area contributed by atoms with Gasteiger partial charge in [0.25, 0.3) is 0 Å². The summed E-state index contributed by atoms with van der Waals surface area (Å²) < 4.78 is 32.9. The fraction of sp³-hybridized carbons (Fsp3) is 0.333. The minimum atomic E-state index is -3.71. The zero-order valence-electron chi connectivity index (χ0n) is 18.0. The number of carbonyl (C=O) groups is 1. The third-order valence-electron chi connectivity index (χ3n) is 5.81. The fourth-order valence-corrected chi connectivity index (χ4v) is 5.55. The molecule has 0 aliphatic carbocycles. The van der Waals surface area contributed by atoms with Gasteiger partial charge in [-0.2, -0.15) is 4.31 Å². The van der Waals surface area contributed by atoms with Crippen LogP contribution in [0.3, 0.4) is 0 Å². The van der Waals surface area contributed by atoms with Crippen LogP contribution in [0.5, 0.6) is 0 Å². The molecular weight excluding hydrogens is 446 g/mol. The smallest absolute Gasteiger partial charge is 0.414 e. The summed E-state index contributed by atoms with van der Waals surface area (Å²) in [5, 5.41) is 7.47. The number of ether oxygens (including phenoxy) is 1. The van der Waals surface area contributed by atoms with Crippen molar-refractivity contribution in [3.63, 3.8) is 0 Å². The maximum atomic E-state index is 13.0. The Morgan fingerprint density at radius 2 is 1.73 bits per heavy atom. The van der Waals surface area contributed by atoms with Gasteiger partial charge >= 0.3 is 6.09 Å². The van der Waals surface area contributed by atoms with Crippen LogP contribution in [0.2, 0.25) is 0 Å². The summed E-state index contributed by atoms with van der Waals surface area (Å²) >= 11 is 0. The lowest BCUT2D eigenvalue weighted by Crippen LogP contribution is -2.50. The summed E-state index contributed by atoms with van der Waals surface area (Å²) in [6, 6.07) is 11.2. The molecule has 2 fully saturated rings. The lowest BCUT2D eigenvalue weighted by molar-refractivity contribution is 0.0937. The highest BCUT2D eigenvalue weighted by Gasteiger charge is 2.35. The van der Waals surface area contributed by atoms with Gasteiger partial charge in [0.2, 0.25) is 10.0 Å². The first kappa shape index (κ1) is 22.8. The molecule has 0 radical (unpaired) electrons. The second-order valence-electron chi connectivity index (χ2n) is 8.08. The number of sulfonamides is 1. The van der Waals surface area contributed by atoms with Gasteiger partial charge in [-0.25, -0.2) is 13.2 Å². The average Bonchev–Trinajstić information content (AvgIpc) is 3.13. The number of anilines is 3. The van der Waals surface area contributed by atoms with Crippen molar-refractivity contribution in [1.82, 2.24) is 9.21 Å². The number of nitrogens with zero attached hydrogens (tertiary/aromatic N) is 3. The van der Waals surface area contributed by atoms with Crippen LogP contribution in [-0.2, 0) is 14.8 Å². The van der Waals surface area contributed by atoms with Gasteiger partial charge in [-0.05, 0) is 42.5 Å². The van der Waals surface area contributed by atoms with Gasteiger partial charge in [0.15, 0.2) is 0 Å². The van der Waals surface area contributed by atoms with Gasteiger partial charge in [-0.3, -0.25) is 15.2 Å². The van der Waals surface area contributed by atoms with Crippen molar-refractivity contribution in [3.05, 3.63) is 48.0 Å². The Morgan fingerprint density at radius 3 is 2.33 bits per heavy atom. The number of cyclic esters (lactones) is 1. The minimum absolute atomic E-state index is 0.0383. The molecule has 0 aromatic heterocycles. The number of hydrogen-bond donors (Lipinski definition) is 4. The average molecular weight is 474 g/mol. The Hall–Kier alpha value is -3.35. The molecule has 0 bridgehead atoms. The molecular formula is C21H27N7O4S. The van der Waals surface area contributed by atoms with E-state index in [0.29, 0.717) is 56.2 Å². The molecule has 2 aliphatic heterocycles. The van der Waals surface area contributed by atoms with Crippen molar-refractivity contribution in [2.24, 2.45) is 5.73 Å². The number of amidine groups is 1. The third-order valence-corrected chi connectivity index (χ3v) is 7.78. The normalized spacial score (nSPS) is 20.1. The number of hydrogen-bond acceptors (Lipinski definition) is 8. The standard InChI is InChI=1S/C21H27N7O4S/c22-15-3-6-19(18(23)11-15)33(30,31)27-9-7-26(8-10-27)12-17-13-28(21(29)32-17)16-4-1-14(2-5-16)20(24)25/h1-6,11,17H,7-10,12-13,22-23H2,(H3,24,25). The molecule has 12 heteroatoms. The van der Waals surface area contributed by atoms with Gasteiger partial charge in [-0.1, -0.05) is 0 Å². The first-order chi connectivity index (χ1) is 15.6. The number of piperazine rings is 1. The minimum Gasteiger partial charge on any atom is -0.443 e. The summed E-state index contributed by atoms with van der Waals surface area (Å²) in [7, 11) is -3.71.